The lowest BCUT2D eigenvalue weighted by Gasteiger charge is -2.12. The van der Waals surface area contributed by atoms with Crippen molar-refractivity contribution in [2.45, 2.75) is 32.2 Å². The third-order valence-electron chi connectivity index (χ3n) is 3.31. The predicted octanol–water partition coefficient (Wildman–Crippen LogP) is 2.87. The van der Waals surface area contributed by atoms with E-state index in [0.717, 1.165) is 25.5 Å². The number of halogens is 4. The van der Waals surface area contributed by atoms with Crippen LogP contribution < -0.4 is 20.2 Å². The molecule has 144 valence electrons. The lowest BCUT2D eigenvalue weighted by Crippen LogP contribution is -2.37. The Labute approximate surface area is 152 Å². The molecule has 2 N–H and O–H groups in total. The first kappa shape index (κ1) is 20.2. The van der Waals surface area contributed by atoms with Gasteiger partial charge in [0, 0.05) is 24.8 Å². The number of ether oxygens (including phenoxy) is 3. The monoisotopic (exact) mass is 395 g/mol. The van der Waals surface area contributed by atoms with Crippen LogP contribution in [0.15, 0.2) is 23.3 Å². The van der Waals surface area contributed by atoms with Gasteiger partial charge in [0.2, 0.25) is 0 Å². The average molecular weight is 395 g/mol. The van der Waals surface area contributed by atoms with E-state index in [9.17, 15) is 17.6 Å². The molecule has 0 amide bonds. The highest BCUT2D eigenvalue weighted by Gasteiger charge is 2.15. The van der Waals surface area contributed by atoms with Crippen molar-refractivity contribution in [1.29, 1.82) is 0 Å². The summed E-state index contributed by atoms with van der Waals surface area (Å²) in [5.74, 6) is -0.670. The van der Waals surface area contributed by atoms with Crippen LogP contribution in [0.25, 0.3) is 0 Å². The normalized spacial score (nSPS) is 17.1. The number of hydrazone groups is 1. The van der Waals surface area contributed by atoms with Crippen LogP contribution in [-0.2, 0) is 4.74 Å². The molecular formula is C15H17F4N3O3S. The van der Waals surface area contributed by atoms with E-state index in [1.165, 1.54) is 18.3 Å². The molecule has 0 aromatic heterocycles. The van der Waals surface area contributed by atoms with Gasteiger partial charge in [0.05, 0.1) is 12.3 Å². The van der Waals surface area contributed by atoms with Crippen LogP contribution in [-0.4, -0.2) is 43.8 Å². The molecule has 0 saturated carbocycles. The number of rotatable bonds is 8. The van der Waals surface area contributed by atoms with Crippen LogP contribution >= 0.6 is 12.2 Å². The predicted molar refractivity (Wildman–Crippen MR) is 90.0 cm³/mol. The SMILES string of the molecule is FC(F)Oc1ccc(/C=N\NC(=S)NC[C@@H]2CCCO2)c(OC(F)F)c1. The molecule has 11 heteroatoms. The second-order valence-corrected chi connectivity index (χ2v) is 5.58. The van der Waals surface area contributed by atoms with E-state index in [0.29, 0.717) is 6.54 Å². The Kier molecular flexibility index (Phi) is 7.85. The van der Waals surface area contributed by atoms with Crippen molar-refractivity contribution in [2.24, 2.45) is 5.10 Å². The zero-order chi connectivity index (χ0) is 18.9. The lowest BCUT2D eigenvalue weighted by molar-refractivity contribution is -0.0543. The second-order valence-electron chi connectivity index (χ2n) is 5.17. The summed E-state index contributed by atoms with van der Waals surface area (Å²) < 4.78 is 63.3. The minimum absolute atomic E-state index is 0.0900. The number of thiocarbonyl (C=S) groups is 1. The summed E-state index contributed by atoms with van der Waals surface area (Å²) in [7, 11) is 0. The lowest BCUT2D eigenvalue weighted by atomic mass is 10.2. The second kappa shape index (κ2) is 10.1. The van der Waals surface area contributed by atoms with E-state index in [4.69, 9.17) is 17.0 Å². The molecule has 1 heterocycles. The third-order valence-corrected chi connectivity index (χ3v) is 3.55. The van der Waals surface area contributed by atoms with Crippen LogP contribution in [0.1, 0.15) is 18.4 Å². The molecule has 0 bridgehead atoms. The highest BCUT2D eigenvalue weighted by molar-refractivity contribution is 7.80. The summed E-state index contributed by atoms with van der Waals surface area (Å²) in [5, 5.41) is 6.95. The quantitative estimate of drug-likeness (QED) is 0.306. The summed E-state index contributed by atoms with van der Waals surface area (Å²) in [6.45, 7) is -4.96. The van der Waals surface area contributed by atoms with E-state index < -0.39 is 13.2 Å². The number of alkyl halides is 4. The molecule has 2 rings (SSSR count). The zero-order valence-corrected chi connectivity index (χ0v) is 14.3. The molecule has 0 unspecified atom stereocenters. The topological polar surface area (TPSA) is 64.1 Å². The van der Waals surface area contributed by atoms with Gasteiger partial charge in [0.1, 0.15) is 11.5 Å². The fraction of sp³-hybridized carbons (Fsp3) is 0.467. The van der Waals surface area contributed by atoms with Crippen LogP contribution in [0.4, 0.5) is 17.6 Å². The van der Waals surface area contributed by atoms with Crippen molar-refractivity contribution in [3.05, 3.63) is 23.8 Å². The number of hydrogen-bond donors (Lipinski definition) is 2. The first-order valence-electron chi connectivity index (χ1n) is 7.66. The molecule has 0 aliphatic carbocycles. The zero-order valence-electron chi connectivity index (χ0n) is 13.5. The molecular weight excluding hydrogens is 378 g/mol. The number of benzene rings is 1. The van der Waals surface area contributed by atoms with Crippen molar-refractivity contribution in [3.63, 3.8) is 0 Å². The molecule has 1 aliphatic heterocycles. The van der Waals surface area contributed by atoms with Gasteiger partial charge >= 0.3 is 13.2 Å². The first-order valence-corrected chi connectivity index (χ1v) is 8.07. The van der Waals surface area contributed by atoms with Crippen molar-refractivity contribution in [3.8, 4) is 11.5 Å². The van der Waals surface area contributed by atoms with E-state index in [1.807, 2.05) is 0 Å². The molecule has 1 atom stereocenters. The van der Waals surface area contributed by atoms with E-state index in [2.05, 4.69) is 25.3 Å². The molecule has 0 spiro atoms. The molecule has 1 aromatic rings. The van der Waals surface area contributed by atoms with Crippen LogP contribution in [0.5, 0.6) is 11.5 Å². The van der Waals surface area contributed by atoms with Gasteiger partial charge in [-0.05, 0) is 37.2 Å². The van der Waals surface area contributed by atoms with Crippen LogP contribution in [0.3, 0.4) is 0 Å². The maximum Gasteiger partial charge on any atom is 0.387 e. The fourth-order valence-corrected chi connectivity index (χ4v) is 2.34. The number of hydrogen-bond acceptors (Lipinski definition) is 5. The van der Waals surface area contributed by atoms with Crippen LogP contribution in [0.2, 0.25) is 0 Å². The minimum atomic E-state index is -3.13. The maximum atomic E-state index is 12.5. The molecule has 1 aliphatic rings. The van der Waals surface area contributed by atoms with Gasteiger partial charge in [-0.3, -0.25) is 5.43 Å². The summed E-state index contributed by atoms with van der Waals surface area (Å²) in [6, 6.07) is 3.36. The van der Waals surface area contributed by atoms with E-state index >= 15 is 0 Å². The first-order chi connectivity index (χ1) is 12.4. The summed E-state index contributed by atoms with van der Waals surface area (Å²) in [4.78, 5) is 0. The van der Waals surface area contributed by atoms with Gasteiger partial charge in [-0.2, -0.15) is 22.7 Å². The smallest absolute Gasteiger partial charge is 0.387 e. The molecule has 1 saturated heterocycles. The van der Waals surface area contributed by atoms with Gasteiger partial charge in [0.25, 0.3) is 0 Å². The van der Waals surface area contributed by atoms with Crippen molar-refractivity contribution >= 4 is 23.5 Å². The van der Waals surface area contributed by atoms with Crippen molar-refractivity contribution in [2.75, 3.05) is 13.2 Å². The highest BCUT2D eigenvalue weighted by atomic mass is 32.1. The van der Waals surface area contributed by atoms with Crippen molar-refractivity contribution < 1.29 is 31.8 Å². The van der Waals surface area contributed by atoms with Gasteiger partial charge < -0.3 is 19.5 Å². The van der Waals surface area contributed by atoms with E-state index in [1.54, 1.807) is 0 Å². The Balaban J connectivity index is 1.92. The Morgan fingerprint density at radius 3 is 2.73 bits per heavy atom. The van der Waals surface area contributed by atoms with Gasteiger partial charge in [-0.15, -0.1) is 0 Å². The average Bonchev–Trinajstić information content (AvgIpc) is 3.07. The standard InChI is InChI=1S/C15H17F4N3O3S/c16-13(17)24-10-4-3-9(12(6-10)25-14(18)19)7-21-22-15(26)20-8-11-2-1-5-23-11/h3-4,6-7,11,13-14H,1-2,5,8H2,(H2,20,22,26)/b21-7-/t11-/m0/s1. The van der Waals surface area contributed by atoms with Crippen molar-refractivity contribution in [1.82, 2.24) is 10.7 Å². The number of nitrogens with one attached hydrogen (secondary N) is 2. The van der Waals surface area contributed by atoms with Gasteiger partial charge in [-0.25, -0.2) is 0 Å². The maximum absolute atomic E-state index is 12.5. The van der Waals surface area contributed by atoms with E-state index in [-0.39, 0.29) is 28.3 Å². The highest BCUT2D eigenvalue weighted by Crippen LogP contribution is 2.26. The molecule has 1 fully saturated rings. The summed E-state index contributed by atoms with van der Waals surface area (Å²) in [6.07, 6.45) is 3.21. The number of nitrogens with zero attached hydrogens (tertiary/aromatic N) is 1. The van der Waals surface area contributed by atoms with Gasteiger partial charge in [0.15, 0.2) is 5.11 Å². The Morgan fingerprint density at radius 2 is 2.08 bits per heavy atom. The molecule has 26 heavy (non-hydrogen) atoms. The van der Waals surface area contributed by atoms with Gasteiger partial charge in [-0.1, -0.05) is 0 Å². The Hall–Kier alpha value is -2.14. The molecule has 0 radical (unpaired) electrons. The molecule has 1 aromatic carbocycles. The Bertz CT molecular complexity index is 628. The fourth-order valence-electron chi connectivity index (χ4n) is 2.21. The van der Waals surface area contributed by atoms with Crippen LogP contribution in [0, 0.1) is 0 Å². The summed E-state index contributed by atoms with van der Waals surface area (Å²) in [5.41, 5.74) is 2.65. The minimum Gasteiger partial charge on any atom is -0.435 e. The third kappa shape index (κ3) is 7.00. The largest absolute Gasteiger partial charge is 0.435 e. The Morgan fingerprint density at radius 1 is 1.31 bits per heavy atom. The summed E-state index contributed by atoms with van der Waals surface area (Å²) >= 11 is 5.03. The molecule has 6 nitrogen and oxygen atoms in total.